The molecule has 180 valence electrons. The highest BCUT2D eigenvalue weighted by Gasteiger charge is 2.30. The Morgan fingerprint density at radius 1 is 1.09 bits per heavy atom. The van der Waals surface area contributed by atoms with E-state index in [2.05, 4.69) is 20.2 Å². The van der Waals surface area contributed by atoms with E-state index in [9.17, 15) is 9.18 Å². The average Bonchev–Trinajstić information content (AvgIpc) is 3.22. The zero-order valence-corrected chi connectivity index (χ0v) is 19.2. The van der Waals surface area contributed by atoms with Crippen LogP contribution < -0.4 is 10.6 Å². The topological polar surface area (TPSA) is 103 Å². The first-order chi connectivity index (χ1) is 16.6. The lowest BCUT2D eigenvalue weighted by atomic mass is 9.86. The van der Waals surface area contributed by atoms with Crippen LogP contribution in [0.3, 0.4) is 0 Å². The second-order valence-corrected chi connectivity index (χ2v) is 8.90. The summed E-state index contributed by atoms with van der Waals surface area (Å²) >= 11 is 0. The van der Waals surface area contributed by atoms with Gasteiger partial charge in [-0.15, -0.1) is 0 Å². The Morgan fingerprint density at radius 2 is 1.82 bits per heavy atom. The third-order valence-electron chi connectivity index (χ3n) is 6.68. The lowest BCUT2D eigenvalue weighted by molar-refractivity contribution is -0.146. The summed E-state index contributed by atoms with van der Waals surface area (Å²) in [6, 6.07) is 6.56. The quantitative estimate of drug-likeness (QED) is 0.519. The highest BCUT2D eigenvalue weighted by molar-refractivity contribution is 5.77. The summed E-state index contributed by atoms with van der Waals surface area (Å²) in [6.45, 7) is 1.46. The predicted molar refractivity (Wildman–Crippen MR) is 125 cm³/mol. The molecule has 2 aromatic heterocycles. The molecular weight excluding hydrogens is 439 g/mol. The summed E-state index contributed by atoms with van der Waals surface area (Å²) in [6.07, 6.45) is 6.64. The van der Waals surface area contributed by atoms with E-state index >= 15 is 0 Å². The maximum absolute atomic E-state index is 13.4. The van der Waals surface area contributed by atoms with E-state index in [1.54, 1.807) is 18.3 Å². The smallest absolute Gasteiger partial charge is 0.308 e. The highest BCUT2D eigenvalue weighted by Crippen LogP contribution is 2.37. The Bertz CT molecular complexity index is 1140. The Morgan fingerprint density at radius 3 is 2.53 bits per heavy atom. The summed E-state index contributed by atoms with van der Waals surface area (Å²) in [5.41, 5.74) is 2.14. The Balaban J connectivity index is 1.46. The molecule has 34 heavy (non-hydrogen) atoms. The molecule has 0 unspecified atom stereocenters. The Hall–Kier alpha value is -3.27. The average molecular weight is 469 g/mol. The molecule has 0 amide bonds. The van der Waals surface area contributed by atoms with E-state index in [1.165, 1.54) is 19.2 Å². The van der Waals surface area contributed by atoms with Crippen molar-refractivity contribution in [2.75, 3.05) is 31.0 Å². The fraction of sp³-hybridized carbons (Fsp3) is 0.500. The van der Waals surface area contributed by atoms with Gasteiger partial charge in [0, 0.05) is 31.0 Å². The number of methoxy groups -OCH3 is 1. The van der Waals surface area contributed by atoms with Gasteiger partial charge in [0.15, 0.2) is 5.65 Å². The first-order valence-corrected chi connectivity index (χ1v) is 11.8. The molecule has 1 aliphatic carbocycles. The first-order valence-electron chi connectivity index (χ1n) is 11.8. The minimum absolute atomic E-state index is 0.0788. The molecule has 1 aliphatic heterocycles. The molecule has 1 aromatic carbocycles. The van der Waals surface area contributed by atoms with Crippen molar-refractivity contribution < 1.29 is 18.7 Å². The number of fused-ring (bicyclic) bond motifs is 1. The summed E-state index contributed by atoms with van der Waals surface area (Å²) in [5, 5.41) is 6.75. The predicted octanol–water partition coefficient (Wildman–Crippen LogP) is 4.20. The number of imidazole rings is 1. The normalized spacial score (nSPS) is 21.4. The van der Waals surface area contributed by atoms with Crippen LogP contribution in [0.4, 0.5) is 22.0 Å². The summed E-state index contributed by atoms with van der Waals surface area (Å²) < 4.78 is 25.9. The van der Waals surface area contributed by atoms with Gasteiger partial charge in [-0.2, -0.15) is 4.98 Å². The van der Waals surface area contributed by atoms with Gasteiger partial charge in [-0.25, -0.2) is 14.4 Å². The number of esters is 1. The van der Waals surface area contributed by atoms with Crippen molar-refractivity contribution in [1.82, 2.24) is 19.5 Å². The number of carbonyl (C=O) groups excluding carboxylic acids is 1. The molecule has 2 N–H and O–H groups in total. The molecule has 0 bridgehead atoms. The van der Waals surface area contributed by atoms with Crippen molar-refractivity contribution in [2.45, 2.75) is 50.6 Å². The van der Waals surface area contributed by atoms with Crippen LogP contribution >= 0.6 is 0 Å². The van der Waals surface area contributed by atoms with Gasteiger partial charge >= 0.3 is 5.97 Å². The third kappa shape index (κ3) is 4.82. The van der Waals surface area contributed by atoms with Crippen LogP contribution in [-0.4, -0.2) is 51.9 Å². The Labute approximate surface area is 197 Å². The van der Waals surface area contributed by atoms with Crippen LogP contribution in [0.1, 0.15) is 44.6 Å². The van der Waals surface area contributed by atoms with Gasteiger partial charge in [-0.1, -0.05) is 0 Å². The first kappa shape index (κ1) is 22.5. The van der Waals surface area contributed by atoms with Crippen molar-refractivity contribution in [1.29, 1.82) is 0 Å². The number of nitrogens with one attached hydrogen (secondary N) is 2. The molecule has 1 saturated carbocycles. The maximum Gasteiger partial charge on any atom is 0.308 e. The molecule has 9 nitrogen and oxygen atoms in total. The van der Waals surface area contributed by atoms with Gasteiger partial charge in [0.05, 0.1) is 19.2 Å². The summed E-state index contributed by atoms with van der Waals surface area (Å²) in [5.74, 6) is 0.668. The largest absolute Gasteiger partial charge is 0.469 e. The highest BCUT2D eigenvalue weighted by atomic mass is 19.1. The fourth-order valence-corrected chi connectivity index (χ4v) is 4.82. The number of anilines is 3. The second-order valence-electron chi connectivity index (χ2n) is 8.90. The maximum atomic E-state index is 13.4. The van der Waals surface area contributed by atoms with Crippen LogP contribution in [0, 0.1) is 11.7 Å². The summed E-state index contributed by atoms with van der Waals surface area (Å²) in [4.78, 5) is 26.1. The standard InChI is InChI=1S/C24H29FN6O3/c1-33-22(32)15-2-8-19(9-3-15)31-21-20(29-24(31)28-17-6-4-16(25)5-7-17)14-26-23(30-21)27-18-10-12-34-13-11-18/h4-7,14-15,18-19H,2-3,8-13H2,1H3,(H,28,29)(H,26,27,30). The van der Waals surface area contributed by atoms with Gasteiger partial charge in [-0.05, 0) is 62.8 Å². The van der Waals surface area contributed by atoms with E-state index in [4.69, 9.17) is 19.4 Å². The van der Waals surface area contributed by atoms with Gasteiger partial charge in [0.2, 0.25) is 11.9 Å². The number of hydrogen-bond acceptors (Lipinski definition) is 8. The molecule has 1 saturated heterocycles. The molecule has 2 aliphatic rings. The number of nitrogens with zero attached hydrogens (tertiary/aromatic N) is 4. The zero-order chi connectivity index (χ0) is 23.5. The zero-order valence-electron chi connectivity index (χ0n) is 19.2. The molecule has 0 radical (unpaired) electrons. The number of halogens is 1. The van der Waals surface area contributed by atoms with Gasteiger partial charge < -0.3 is 20.1 Å². The van der Waals surface area contributed by atoms with E-state index in [1.807, 2.05) is 0 Å². The lowest BCUT2D eigenvalue weighted by Crippen LogP contribution is -2.28. The molecule has 3 aromatic rings. The SMILES string of the molecule is COC(=O)C1CCC(n2c(Nc3ccc(F)cc3)nc3cnc(NC4CCOCC4)nc32)CC1. The molecule has 2 fully saturated rings. The van der Waals surface area contributed by atoms with Crippen molar-refractivity contribution in [3.8, 4) is 0 Å². The second kappa shape index (κ2) is 9.92. The molecular formula is C24H29FN6O3. The third-order valence-corrected chi connectivity index (χ3v) is 6.68. The van der Waals surface area contributed by atoms with Gasteiger partial charge in [-0.3, -0.25) is 9.36 Å². The van der Waals surface area contributed by atoms with Gasteiger partial charge in [0.25, 0.3) is 0 Å². The van der Waals surface area contributed by atoms with Crippen LogP contribution in [-0.2, 0) is 14.3 Å². The number of rotatable bonds is 6. The number of carbonyl (C=O) groups is 1. The van der Waals surface area contributed by atoms with Gasteiger partial charge in [0.1, 0.15) is 11.3 Å². The van der Waals surface area contributed by atoms with E-state index in [0.29, 0.717) is 17.4 Å². The molecule has 0 atom stereocenters. The van der Waals surface area contributed by atoms with Crippen molar-refractivity contribution in [3.05, 3.63) is 36.3 Å². The van der Waals surface area contributed by atoms with E-state index < -0.39 is 0 Å². The molecule has 0 spiro atoms. The summed E-state index contributed by atoms with van der Waals surface area (Å²) in [7, 11) is 1.44. The molecule has 5 rings (SSSR count). The van der Waals surface area contributed by atoms with Crippen LogP contribution in [0.15, 0.2) is 30.5 Å². The van der Waals surface area contributed by atoms with Crippen LogP contribution in [0.25, 0.3) is 11.2 Å². The number of aromatic nitrogens is 4. The number of benzene rings is 1. The van der Waals surface area contributed by atoms with Crippen molar-refractivity contribution >= 4 is 34.7 Å². The number of ether oxygens (including phenoxy) is 2. The Kier molecular flexibility index (Phi) is 6.57. The number of hydrogen-bond donors (Lipinski definition) is 2. The van der Waals surface area contributed by atoms with E-state index in [-0.39, 0.29) is 29.8 Å². The monoisotopic (exact) mass is 468 g/mol. The van der Waals surface area contributed by atoms with Crippen LogP contribution in [0.5, 0.6) is 0 Å². The van der Waals surface area contributed by atoms with Crippen molar-refractivity contribution in [2.24, 2.45) is 5.92 Å². The fourth-order valence-electron chi connectivity index (χ4n) is 4.82. The van der Waals surface area contributed by atoms with Crippen molar-refractivity contribution in [3.63, 3.8) is 0 Å². The molecule has 10 heteroatoms. The minimum Gasteiger partial charge on any atom is -0.469 e. The molecule has 3 heterocycles. The minimum atomic E-state index is -0.296. The van der Waals surface area contributed by atoms with Crippen LogP contribution in [0.2, 0.25) is 0 Å². The van der Waals surface area contributed by atoms with E-state index in [0.717, 1.165) is 63.1 Å². The lowest BCUT2D eigenvalue weighted by Gasteiger charge is -2.29.